The first-order valence-electron chi connectivity index (χ1n) is 5.88. The predicted octanol–water partition coefficient (Wildman–Crippen LogP) is 1.97. The third-order valence-electron chi connectivity index (χ3n) is 3.10. The summed E-state index contributed by atoms with van der Waals surface area (Å²) in [4.78, 5) is 4.12. The predicted molar refractivity (Wildman–Crippen MR) is 73.5 cm³/mol. The summed E-state index contributed by atoms with van der Waals surface area (Å²) in [6.45, 7) is 4.68. The molecular weight excluding hydrogens is 216 g/mol. The van der Waals surface area contributed by atoms with E-state index in [1.165, 1.54) is 23.9 Å². The van der Waals surface area contributed by atoms with Crippen molar-refractivity contribution in [3.63, 3.8) is 0 Å². The normalized spacial score (nSPS) is 19.6. The summed E-state index contributed by atoms with van der Waals surface area (Å²) in [5, 5.41) is 3.41. The van der Waals surface area contributed by atoms with Gasteiger partial charge in [-0.3, -0.25) is 4.90 Å². The third-order valence-corrected chi connectivity index (χ3v) is 5.66. The first-order valence-corrected chi connectivity index (χ1v) is 8.49. The Morgan fingerprint density at radius 3 is 2.38 bits per heavy atom. The van der Waals surface area contributed by atoms with Crippen LogP contribution in [0, 0.1) is 0 Å². The molecule has 1 aromatic rings. The van der Waals surface area contributed by atoms with Crippen LogP contribution in [0.25, 0.3) is 0 Å². The van der Waals surface area contributed by atoms with Gasteiger partial charge in [-0.1, -0.05) is 30.3 Å². The summed E-state index contributed by atoms with van der Waals surface area (Å²) in [6.07, 6.45) is 4.84. The van der Waals surface area contributed by atoms with Crippen LogP contribution < -0.4 is 5.32 Å². The topological polar surface area (TPSA) is 15.3 Å². The fourth-order valence-corrected chi connectivity index (χ4v) is 4.37. The maximum atomic E-state index is 3.41. The molecule has 16 heavy (non-hydrogen) atoms. The zero-order valence-corrected chi connectivity index (χ0v) is 11.1. The zero-order valence-electron chi connectivity index (χ0n) is 10.3. The molecule has 3 heteroatoms. The molecule has 0 bridgehead atoms. The van der Waals surface area contributed by atoms with Crippen molar-refractivity contribution in [2.24, 2.45) is 0 Å². The quantitative estimate of drug-likeness (QED) is 0.866. The molecule has 0 atom stereocenters. The smallest absolute Gasteiger partial charge is 0.0323 e. The average Bonchev–Trinajstić information content (AvgIpc) is 2.31. The molecule has 0 saturated carbocycles. The van der Waals surface area contributed by atoms with Gasteiger partial charge in [0, 0.05) is 32.1 Å². The minimum absolute atomic E-state index is 0.662. The molecule has 0 amide bonds. The molecule has 0 aromatic heterocycles. The van der Waals surface area contributed by atoms with Gasteiger partial charge in [0.25, 0.3) is 0 Å². The molecule has 1 fully saturated rings. The van der Waals surface area contributed by atoms with Gasteiger partial charge in [0.1, 0.15) is 0 Å². The first-order chi connectivity index (χ1) is 7.68. The monoisotopic (exact) mass is 238 g/mol. The fourth-order valence-electron chi connectivity index (χ4n) is 2.16. The summed E-state index contributed by atoms with van der Waals surface area (Å²) in [5.41, 5.74) is 0. The Kier molecular flexibility index (Phi) is 3.90. The van der Waals surface area contributed by atoms with Gasteiger partial charge in [0.2, 0.25) is 0 Å². The molecule has 1 aliphatic rings. The van der Waals surface area contributed by atoms with Gasteiger partial charge in [0.15, 0.2) is 0 Å². The Labute approximate surface area is 100 Å². The molecule has 1 N–H and O–H groups in total. The second-order valence-electron chi connectivity index (χ2n) is 4.85. The molecular formula is C13H22N2S. The molecule has 1 saturated heterocycles. The number of piperazine rings is 1. The number of hydrogen-bond acceptors (Lipinski definition) is 2. The van der Waals surface area contributed by atoms with E-state index in [1.807, 2.05) is 0 Å². The van der Waals surface area contributed by atoms with E-state index in [0.717, 1.165) is 13.1 Å². The molecule has 1 aromatic carbocycles. The Hall–Kier alpha value is -0.510. The largest absolute Gasteiger partial charge is 0.314 e. The zero-order chi connectivity index (χ0) is 11.4. The molecule has 90 valence electrons. The van der Waals surface area contributed by atoms with Crippen LogP contribution in [0.3, 0.4) is 0 Å². The van der Waals surface area contributed by atoms with E-state index in [4.69, 9.17) is 0 Å². The second-order valence-corrected chi connectivity index (χ2v) is 8.65. The van der Waals surface area contributed by atoms with Crippen molar-refractivity contribution in [2.75, 3.05) is 44.6 Å². The standard InChI is InChI=1S/C13H22N2S/c1-16(2,13-6-4-3-5-7-13)12-15-10-8-14-9-11-15/h3-7,14H,8-12H2,1-2H3. The van der Waals surface area contributed by atoms with Crippen LogP contribution in [-0.2, 0) is 0 Å². The maximum absolute atomic E-state index is 3.41. The lowest BCUT2D eigenvalue weighted by Crippen LogP contribution is -2.44. The van der Waals surface area contributed by atoms with Crippen LogP contribution in [0.2, 0.25) is 0 Å². The van der Waals surface area contributed by atoms with Crippen molar-refractivity contribution in [1.29, 1.82) is 0 Å². The van der Waals surface area contributed by atoms with Crippen LogP contribution in [0.15, 0.2) is 35.2 Å². The molecule has 0 unspecified atom stereocenters. The highest BCUT2D eigenvalue weighted by atomic mass is 32.3. The van der Waals surface area contributed by atoms with E-state index in [-0.39, 0.29) is 0 Å². The van der Waals surface area contributed by atoms with E-state index < -0.39 is 10.0 Å². The minimum Gasteiger partial charge on any atom is -0.314 e. The Bertz CT molecular complexity index is 318. The van der Waals surface area contributed by atoms with Gasteiger partial charge >= 0.3 is 0 Å². The van der Waals surface area contributed by atoms with E-state index in [9.17, 15) is 0 Å². The third kappa shape index (κ3) is 3.00. The summed E-state index contributed by atoms with van der Waals surface area (Å²) in [5.74, 6) is 1.23. The van der Waals surface area contributed by atoms with Gasteiger partial charge in [0.05, 0.1) is 0 Å². The molecule has 1 aliphatic heterocycles. The van der Waals surface area contributed by atoms with Crippen molar-refractivity contribution < 1.29 is 0 Å². The molecule has 0 spiro atoms. The summed E-state index contributed by atoms with van der Waals surface area (Å²) in [7, 11) is -0.662. The van der Waals surface area contributed by atoms with Gasteiger partial charge in [-0.05, 0) is 17.4 Å². The molecule has 0 radical (unpaired) electrons. The first kappa shape index (κ1) is 12.0. The Morgan fingerprint density at radius 2 is 1.75 bits per heavy atom. The van der Waals surface area contributed by atoms with Crippen LogP contribution in [-0.4, -0.2) is 49.5 Å². The van der Waals surface area contributed by atoms with Crippen molar-refractivity contribution in [1.82, 2.24) is 10.2 Å². The second kappa shape index (κ2) is 5.21. The maximum Gasteiger partial charge on any atom is 0.0323 e. The number of nitrogens with one attached hydrogen (secondary N) is 1. The van der Waals surface area contributed by atoms with E-state index in [2.05, 4.69) is 53.1 Å². The highest BCUT2D eigenvalue weighted by Crippen LogP contribution is 2.49. The fraction of sp³-hybridized carbons (Fsp3) is 0.538. The number of rotatable bonds is 3. The van der Waals surface area contributed by atoms with E-state index >= 15 is 0 Å². The van der Waals surface area contributed by atoms with Crippen LogP contribution in [0.4, 0.5) is 0 Å². The van der Waals surface area contributed by atoms with Crippen LogP contribution in [0.5, 0.6) is 0 Å². The molecule has 0 aliphatic carbocycles. The number of benzene rings is 1. The molecule has 2 rings (SSSR count). The Morgan fingerprint density at radius 1 is 1.12 bits per heavy atom. The van der Waals surface area contributed by atoms with Crippen molar-refractivity contribution in [3.05, 3.63) is 30.3 Å². The average molecular weight is 238 g/mol. The van der Waals surface area contributed by atoms with Crippen LogP contribution >= 0.6 is 10.0 Å². The van der Waals surface area contributed by atoms with E-state index in [1.54, 1.807) is 0 Å². The Balaban J connectivity index is 2.01. The van der Waals surface area contributed by atoms with Crippen molar-refractivity contribution >= 4 is 10.0 Å². The minimum atomic E-state index is -0.662. The summed E-state index contributed by atoms with van der Waals surface area (Å²) < 4.78 is 0. The van der Waals surface area contributed by atoms with Gasteiger partial charge in [-0.25, -0.2) is 10.0 Å². The van der Waals surface area contributed by atoms with E-state index in [0.29, 0.717) is 0 Å². The van der Waals surface area contributed by atoms with Crippen molar-refractivity contribution in [3.8, 4) is 0 Å². The lowest BCUT2D eigenvalue weighted by atomic mass is 10.4. The number of nitrogens with zero attached hydrogens (tertiary/aromatic N) is 1. The summed E-state index contributed by atoms with van der Waals surface area (Å²) in [6, 6.07) is 11.0. The summed E-state index contributed by atoms with van der Waals surface area (Å²) >= 11 is 0. The lowest BCUT2D eigenvalue weighted by Gasteiger charge is -2.39. The van der Waals surface area contributed by atoms with Gasteiger partial charge in [-0.2, -0.15) is 0 Å². The lowest BCUT2D eigenvalue weighted by molar-refractivity contribution is 0.278. The number of hydrogen-bond donors (Lipinski definition) is 1. The highest BCUT2D eigenvalue weighted by Gasteiger charge is 2.19. The van der Waals surface area contributed by atoms with Crippen molar-refractivity contribution in [2.45, 2.75) is 4.90 Å². The van der Waals surface area contributed by atoms with Gasteiger partial charge in [-0.15, -0.1) is 0 Å². The highest BCUT2D eigenvalue weighted by molar-refractivity contribution is 8.32. The van der Waals surface area contributed by atoms with Gasteiger partial charge < -0.3 is 5.32 Å². The van der Waals surface area contributed by atoms with Crippen LogP contribution in [0.1, 0.15) is 0 Å². The molecule has 2 nitrogen and oxygen atoms in total. The molecule has 1 heterocycles. The SMILES string of the molecule is CS(C)(CN1CCNCC1)c1ccccc1.